The van der Waals surface area contributed by atoms with E-state index in [-0.39, 0.29) is 57.1 Å². The van der Waals surface area contributed by atoms with E-state index >= 15 is 0 Å². The molecule has 1 aliphatic heterocycles. The Morgan fingerprint density at radius 1 is 0.667 bits per heavy atom. The number of nitrogens with zero attached hydrogens (tertiary/aromatic N) is 2. The number of guanidine groups is 1. The molecule has 5 aromatic rings. The second-order valence-electron chi connectivity index (χ2n) is 18.4. The average molecular weight is 944 g/mol. The van der Waals surface area contributed by atoms with E-state index < -0.39 is 71.8 Å². The molecule has 366 valence electrons. The van der Waals surface area contributed by atoms with Crippen molar-refractivity contribution in [1.29, 1.82) is 0 Å². The van der Waals surface area contributed by atoms with Crippen LogP contribution in [0.2, 0.25) is 0 Å². The summed E-state index contributed by atoms with van der Waals surface area (Å²) >= 11 is 0. The van der Waals surface area contributed by atoms with Crippen molar-refractivity contribution in [3.63, 3.8) is 0 Å². The van der Waals surface area contributed by atoms with Gasteiger partial charge in [-0.3, -0.25) is 29.0 Å². The van der Waals surface area contributed by atoms with Crippen molar-refractivity contribution in [3.05, 3.63) is 108 Å². The predicted molar refractivity (Wildman–Crippen MR) is 263 cm³/mol. The highest BCUT2D eigenvalue weighted by Crippen LogP contribution is 2.29. The van der Waals surface area contributed by atoms with Gasteiger partial charge in [0.25, 0.3) is 0 Å². The Labute approximate surface area is 401 Å². The van der Waals surface area contributed by atoms with E-state index in [9.17, 15) is 33.9 Å². The summed E-state index contributed by atoms with van der Waals surface area (Å²) in [5.74, 6) is -4.10. The third kappa shape index (κ3) is 13.3. The number of nitrogens with two attached hydrogens (primary N) is 3. The summed E-state index contributed by atoms with van der Waals surface area (Å²) in [5, 5.41) is 23.3. The van der Waals surface area contributed by atoms with Crippen molar-refractivity contribution in [2.75, 3.05) is 13.1 Å². The van der Waals surface area contributed by atoms with Crippen LogP contribution in [0, 0.1) is 5.92 Å². The Bertz CT molecular complexity index is 2600. The highest BCUT2D eigenvalue weighted by Gasteiger charge is 2.40. The molecule has 1 saturated heterocycles. The van der Waals surface area contributed by atoms with Crippen molar-refractivity contribution in [1.82, 2.24) is 36.1 Å². The number of rotatable bonds is 22. The molecular formula is C51H65N11O7. The summed E-state index contributed by atoms with van der Waals surface area (Å²) in [6, 6.07) is 17.9. The van der Waals surface area contributed by atoms with Gasteiger partial charge in [-0.1, -0.05) is 98.8 Å². The maximum Gasteiger partial charge on any atom is 0.326 e. The Balaban J connectivity index is 1.11. The van der Waals surface area contributed by atoms with Crippen LogP contribution in [0.1, 0.15) is 80.9 Å². The van der Waals surface area contributed by atoms with Crippen LogP contribution in [0.25, 0.3) is 21.8 Å². The van der Waals surface area contributed by atoms with Gasteiger partial charge in [-0.25, -0.2) is 4.79 Å². The molecule has 0 radical (unpaired) electrons. The van der Waals surface area contributed by atoms with Crippen molar-refractivity contribution in [2.45, 2.75) is 120 Å². The van der Waals surface area contributed by atoms with E-state index in [4.69, 9.17) is 17.2 Å². The number of carboxylic acids is 1. The number of carbonyl (C=O) groups is 6. The van der Waals surface area contributed by atoms with Crippen LogP contribution >= 0.6 is 0 Å². The summed E-state index contributed by atoms with van der Waals surface area (Å²) in [4.78, 5) is 96.2. The van der Waals surface area contributed by atoms with Crippen molar-refractivity contribution < 1.29 is 33.9 Å². The van der Waals surface area contributed by atoms with Crippen molar-refractivity contribution >= 4 is 63.3 Å². The van der Waals surface area contributed by atoms with Crippen LogP contribution in [0.15, 0.2) is 96.2 Å². The second-order valence-corrected chi connectivity index (χ2v) is 18.4. The Morgan fingerprint density at radius 3 is 1.88 bits per heavy atom. The lowest BCUT2D eigenvalue weighted by Crippen LogP contribution is -2.59. The number of fused-ring (bicyclic) bond motifs is 2. The average Bonchev–Trinajstić information content (AvgIpc) is 4.11. The number of likely N-dealkylation sites (tertiary alicyclic amines) is 1. The van der Waals surface area contributed by atoms with Crippen LogP contribution in [0.3, 0.4) is 0 Å². The summed E-state index contributed by atoms with van der Waals surface area (Å²) in [6.07, 6.45) is 10.1. The maximum absolute atomic E-state index is 14.8. The molecule has 1 saturated carbocycles. The standard InChI is InChI=1S/C51H65N11O7/c52-37(25-31-13-3-1-4-14-31)45(63)61-43(28-34-30-57-39-20-10-8-18-36(34)39)49(67)62-24-12-22-44(62)48(66)60-41(26-32-15-5-2-6-16-32)46(64)59-42(27-33-29-56-38-19-9-7-17-35(33)38)47(65)58-40(50(68)69)21-11-23-55-51(53)54/h1,3-4,7-10,13-14,17-20,29-30,32,37,40-44,56-57H,2,5-6,11-12,15-16,21-28,52H2,(H,58,65)(H,59,64)(H,60,66)(H,61,63)(H,68,69)(H4,53,54,55)/t37-,40+,41+,42-,43-,44-/m0/s1. The molecule has 2 aliphatic rings. The minimum Gasteiger partial charge on any atom is -0.480 e. The summed E-state index contributed by atoms with van der Waals surface area (Å²) < 4.78 is 0. The number of benzene rings is 3. The summed E-state index contributed by atoms with van der Waals surface area (Å²) in [7, 11) is 0. The number of carbonyl (C=O) groups excluding carboxylic acids is 5. The number of aromatic amines is 2. The lowest BCUT2D eigenvalue weighted by atomic mass is 9.84. The fourth-order valence-electron chi connectivity index (χ4n) is 9.75. The van der Waals surface area contributed by atoms with E-state index in [1.807, 2.05) is 85.1 Å². The molecule has 0 bridgehead atoms. The predicted octanol–water partition coefficient (Wildman–Crippen LogP) is 3.04. The third-order valence-electron chi connectivity index (χ3n) is 13.4. The van der Waals surface area contributed by atoms with Gasteiger partial charge in [-0.15, -0.1) is 0 Å². The molecule has 7 rings (SSSR count). The first-order chi connectivity index (χ1) is 33.3. The molecule has 3 aromatic carbocycles. The zero-order valence-electron chi connectivity index (χ0n) is 38.8. The van der Waals surface area contributed by atoms with Crippen LogP contribution in [-0.2, 0) is 48.0 Å². The van der Waals surface area contributed by atoms with Crippen LogP contribution in [0.4, 0.5) is 0 Å². The molecule has 69 heavy (non-hydrogen) atoms. The molecule has 1 aliphatic carbocycles. The zero-order valence-corrected chi connectivity index (χ0v) is 38.8. The van der Waals surface area contributed by atoms with Gasteiger partial charge in [0.15, 0.2) is 5.96 Å². The number of aliphatic imine (C=N–C) groups is 1. The molecular weight excluding hydrogens is 879 g/mol. The topological polar surface area (TPSA) is 296 Å². The molecule has 5 amide bonds. The molecule has 18 nitrogen and oxygen atoms in total. The molecule has 2 fully saturated rings. The SMILES string of the molecule is NC(N)=NCCC[C@@H](NC(=O)[C@H](Cc1c[nH]c2ccccc12)NC(=O)[C@@H](CC1CCCCC1)NC(=O)[C@@H]1CCCN1C(=O)[C@H](Cc1c[nH]c2ccccc12)NC(=O)[C@@H](N)Cc1ccccc1)C(=O)O. The Kier molecular flexibility index (Phi) is 17.1. The third-order valence-corrected chi connectivity index (χ3v) is 13.4. The van der Waals surface area contributed by atoms with Gasteiger partial charge >= 0.3 is 5.97 Å². The van der Waals surface area contributed by atoms with Gasteiger partial charge < -0.3 is 58.4 Å². The number of hydrogen-bond acceptors (Lipinski definition) is 8. The molecule has 13 N–H and O–H groups in total. The van der Waals surface area contributed by atoms with Gasteiger partial charge in [0, 0.05) is 60.1 Å². The number of nitrogens with one attached hydrogen (secondary N) is 6. The molecule has 6 atom stereocenters. The highest BCUT2D eigenvalue weighted by atomic mass is 16.4. The normalized spacial score (nSPS) is 17.3. The number of amides is 5. The summed E-state index contributed by atoms with van der Waals surface area (Å²) in [5.41, 5.74) is 21.4. The minimum atomic E-state index is -1.30. The Morgan fingerprint density at radius 2 is 1.25 bits per heavy atom. The van der Waals surface area contributed by atoms with Gasteiger partial charge in [-0.05, 0) is 73.3 Å². The first kappa shape index (κ1) is 49.7. The molecule has 3 heterocycles. The molecule has 0 spiro atoms. The monoisotopic (exact) mass is 944 g/mol. The van der Waals surface area contributed by atoms with Gasteiger partial charge in [0.05, 0.1) is 6.04 Å². The lowest BCUT2D eigenvalue weighted by Gasteiger charge is -2.32. The van der Waals surface area contributed by atoms with Gasteiger partial charge in [0.1, 0.15) is 30.2 Å². The summed E-state index contributed by atoms with van der Waals surface area (Å²) in [6.45, 7) is 0.405. The zero-order chi connectivity index (χ0) is 48.9. The van der Waals surface area contributed by atoms with E-state index in [2.05, 4.69) is 36.2 Å². The quantitative estimate of drug-likeness (QED) is 0.0275. The van der Waals surface area contributed by atoms with Crippen molar-refractivity contribution in [2.24, 2.45) is 28.1 Å². The van der Waals surface area contributed by atoms with E-state index in [0.29, 0.717) is 24.8 Å². The van der Waals surface area contributed by atoms with Crippen LogP contribution in [0.5, 0.6) is 0 Å². The number of aliphatic carboxylic acids is 1. The molecule has 0 unspecified atom stereocenters. The smallest absolute Gasteiger partial charge is 0.326 e. The van der Waals surface area contributed by atoms with E-state index in [1.54, 1.807) is 6.20 Å². The number of carboxylic acid groups (broad SMARTS) is 1. The fourth-order valence-corrected chi connectivity index (χ4v) is 9.75. The number of H-pyrrole nitrogens is 2. The van der Waals surface area contributed by atoms with Crippen LogP contribution in [-0.4, -0.2) is 111 Å². The highest BCUT2D eigenvalue weighted by molar-refractivity contribution is 5.97. The van der Waals surface area contributed by atoms with E-state index in [0.717, 1.165) is 65.0 Å². The largest absolute Gasteiger partial charge is 0.480 e. The number of para-hydroxylation sites is 2. The lowest BCUT2D eigenvalue weighted by molar-refractivity contribution is -0.143. The second kappa shape index (κ2) is 23.7. The van der Waals surface area contributed by atoms with Gasteiger partial charge in [0.2, 0.25) is 29.5 Å². The van der Waals surface area contributed by atoms with E-state index in [1.165, 1.54) is 4.90 Å². The molecule has 2 aromatic heterocycles. The van der Waals surface area contributed by atoms with Crippen LogP contribution < -0.4 is 38.5 Å². The molecule has 18 heteroatoms. The fraction of sp³-hybridized carbons (Fsp3) is 0.431. The van der Waals surface area contributed by atoms with Gasteiger partial charge in [-0.2, -0.15) is 0 Å². The number of aromatic nitrogens is 2. The number of hydrogen-bond donors (Lipinski definition) is 10. The first-order valence-electron chi connectivity index (χ1n) is 24.0. The maximum atomic E-state index is 14.8. The Hall–Kier alpha value is -7.21. The minimum absolute atomic E-state index is 0.00939. The van der Waals surface area contributed by atoms with Crippen molar-refractivity contribution in [3.8, 4) is 0 Å². The first-order valence-corrected chi connectivity index (χ1v) is 24.0.